The maximum Gasteiger partial charge on any atom is 0.323 e. The largest absolute Gasteiger partial charge is 0.323 e. The first kappa shape index (κ1) is 21.5. The Balaban J connectivity index is 1.53. The Hall–Kier alpha value is -3.32. The summed E-state index contributed by atoms with van der Waals surface area (Å²) in [6.07, 6.45) is 0. The Morgan fingerprint density at radius 2 is 1.82 bits per heavy atom. The molecule has 7 heteroatoms. The molecule has 1 saturated heterocycles. The maximum absolute atomic E-state index is 14.0. The fraction of sp³-hybridized carbons (Fsp3) is 0.231. The Bertz CT molecular complexity index is 1250. The Morgan fingerprint density at radius 1 is 1.06 bits per heavy atom. The minimum Gasteiger partial charge on any atom is -0.308 e. The summed E-state index contributed by atoms with van der Waals surface area (Å²) in [6.45, 7) is 4.73. The predicted molar refractivity (Wildman–Crippen MR) is 130 cm³/mol. The number of rotatable bonds is 3. The number of nitrogens with one attached hydrogen (secondary N) is 1. The van der Waals surface area contributed by atoms with Gasteiger partial charge in [-0.3, -0.25) is 9.69 Å². The van der Waals surface area contributed by atoms with Crippen molar-refractivity contribution >= 4 is 35.1 Å². The van der Waals surface area contributed by atoms with Gasteiger partial charge in [-0.2, -0.15) is 0 Å². The number of benzene rings is 3. The zero-order chi connectivity index (χ0) is 23.2. The van der Waals surface area contributed by atoms with E-state index in [9.17, 15) is 14.0 Å². The third-order valence-electron chi connectivity index (χ3n) is 6.12. The first-order valence-corrected chi connectivity index (χ1v) is 11.8. The van der Waals surface area contributed by atoms with Crippen molar-refractivity contribution < 1.29 is 14.0 Å². The van der Waals surface area contributed by atoms with Crippen LogP contribution >= 0.6 is 11.8 Å². The number of anilines is 2. The highest BCUT2D eigenvalue weighted by atomic mass is 32.2. The highest BCUT2D eigenvalue weighted by molar-refractivity contribution is 8.01. The van der Waals surface area contributed by atoms with Crippen molar-refractivity contribution in [1.29, 1.82) is 0 Å². The molecular formula is C26H24FN3O2S. The molecule has 0 unspecified atom stereocenters. The third kappa shape index (κ3) is 3.66. The van der Waals surface area contributed by atoms with E-state index in [4.69, 9.17) is 0 Å². The zero-order valence-electron chi connectivity index (χ0n) is 18.5. The SMILES string of the molecule is Cc1cccc(NC(=O)N2CCS[C@]23C(=O)N(Cc2ccc(F)cc2)c2ccc(C)cc23)c1. The van der Waals surface area contributed by atoms with Gasteiger partial charge in [-0.25, -0.2) is 9.18 Å². The summed E-state index contributed by atoms with van der Waals surface area (Å²) in [5.74, 6) is 0.198. The van der Waals surface area contributed by atoms with Crippen LogP contribution in [0.2, 0.25) is 0 Å². The van der Waals surface area contributed by atoms with Gasteiger partial charge < -0.3 is 10.2 Å². The van der Waals surface area contributed by atoms with Crippen molar-refractivity contribution in [2.45, 2.75) is 25.3 Å². The van der Waals surface area contributed by atoms with Gasteiger partial charge in [0.1, 0.15) is 5.82 Å². The van der Waals surface area contributed by atoms with Crippen molar-refractivity contribution in [3.63, 3.8) is 0 Å². The number of aryl methyl sites for hydroxylation is 2. The molecule has 1 atom stereocenters. The van der Waals surface area contributed by atoms with E-state index in [1.807, 2.05) is 56.3 Å². The van der Waals surface area contributed by atoms with E-state index in [1.54, 1.807) is 21.9 Å². The summed E-state index contributed by atoms with van der Waals surface area (Å²) in [5, 5.41) is 2.97. The molecule has 2 aliphatic rings. The lowest BCUT2D eigenvalue weighted by Gasteiger charge is -2.33. The van der Waals surface area contributed by atoms with Crippen LogP contribution in [0.3, 0.4) is 0 Å². The van der Waals surface area contributed by atoms with Crippen LogP contribution in [0.15, 0.2) is 66.7 Å². The normalized spacial score (nSPS) is 19.3. The Labute approximate surface area is 196 Å². The van der Waals surface area contributed by atoms with Crippen LogP contribution < -0.4 is 10.2 Å². The average molecular weight is 462 g/mol. The molecule has 3 amide bonds. The molecular weight excluding hydrogens is 437 g/mol. The van der Waals surface area contributed by atoms with Crippen LogP contribution in [0.4, 0.5) is 20.6 Å². The van der Waals surface area contributed by atoms with Crippen LogP contribution in [-0.2, 0) is 16.2 Å². The van der Waals surface area contributed by atoms with Gasteiger partial charge in [-0.15, -0.1) is 11.8 Å². The minimum atomic E-state index is -1.12. The molecule has 1 spiro atoms. The molecule has 5 rings (SSSR count). The van der Waals surface area contributed by atoms with E-state index in [2.05, 4.69) is 5.32 Å². The summed E-state index contributed by atoms with van der Waals surface area (Å²) < 4.78 is 13.4. The number of halogens is 1. The van der Waals surface area contributed by atoms with E-state index >= 15 is 0 Å². The lowest BCUT2D eigenvalue weighted by Crippen LogP contribution is -2.51. The summed E-state index contributed by atoms with van der Waals surface area (Å²) in [4.78, 5) is 29.7. The number of amides is 3. The number of thioether (sulfide) groups is 1. The molecule has 1 N–H and O–H groups in total. The number of carbonyl (C=O) groups excluding carboxylic acids is 2. The summed E-state index contributed by atoms with van der Waals surface area (Å²) >= 11 is 1.49. The number of hydrogen-bond donors (Lipinski definition) is 1. The second kappa shape index (κ2) is 8.23. The number of carbonyl (C=O) groups is 2. The van der Waals surface area contributed by atoms with Gasteiger partial charge in [0.2, 0.25) is 0 Å². The lowest BCUT2D eigenvalue weighted by atomic mass is 10.0. The molecule has 3 aromatic carbocycles. The monoisotopic (exact) mass is 461 g/mol. The molecule has 0 radical (unpaired) electrons. The fourth-order valence-electron chi connectivity index (χ4n) is 4.57. The smallest absolute Gasteiger partial charge is 0.308 e. The first-order chi connectivity index (χ1) is 15.9. The minimum absolute atomic E-state index is 0.144. The predicted octanol–water partition coefficient (Wildman–Crippen LogP) is 5.42. The lowest BCUT2D eigenvalue weighted by molar-refractivity contribution is -0.123. The van der Waals surface area contributed by atoms with Gasteiger partial charge in [0.15, 0.2) is 4.87 Å². The molecule has 3 aromatic rings. The van der Waals surface area contributed by atoms with Crippen LogP contribution in [-0.4, -0.2) is 29.1 Å². The van der Waals surface area contributed by atoms with Crippen LogP contribution in [0.1, 0.15) is 22.3 Å². The van der Waals surface area contributed by atoms with Gasteiger partial charge in [-0.05, 0) is 55.3 Å². The maximum atomic E-state index is 14.0. The first-order valence-electron chi connectivity index (χ1n) is 10.9. The number of fused-ring (bicyclic) bond motifs is 2. The summed E-state index contributed by atoms with van der Waals surface area (Å²) in [6, 6.07) is 19.4. The second-order valence-electron chi connectivity index (χ2n) is 8.48. The number of nitrogens with zero attached hydrogens (tertiary/aromatic N) is 2. The summed E-state index contributed by atoms with van der Waals surface area (Å²) in [5.41, 5.74) is 5.21. The van der Waals surface area contributed by atoms with E-state index in [1.165, 1.54) is 23.9 Å². The molecule has 0 saturated carbocycles. The van der Waals surface area contributed by atoms with Crippen molar-refractivity contribution in [2.24, 2.45) is 0 Å². The molecule has 168 valence electrons. The van der Waals surface area contributed by atoms with Crippen molar-refractivity contribution in [3.05, 3.63) is 94.8 Å². The van der Waals surface area contributed by atoms with E-state index in [-0.39, 0.29) is 17.8 Å². The molecule has 2 heterocycles. The van der Waals surface area contributed by atoms with E-state index in [0.29, 0.717) is 24.5 Å². The van der Waals surface area contributed by atoms with Gasteiger partial charge in [0.05, 0.1) is 12.2 Å². The highest BCUT2D eigenvalue weighted by Crippen LogP contribution is 2.54. The van der Waals surface area contributed by atoms with E-state index in [0.717, 1.165) is 27.9 Å². The molecule has 0 aliphatic carbocycles. The van der Waals surface area contributed by atoms with Gasteiger partial charge >= 0.3 is 6.03 Å². The van der Waals surface area contributed by atoms with Crippen molar-refractivity contribution in [3.8, 4) is 0 Å². The van der Waals surface area contributed by atoms with Crippen LogP contribution in [0.5, 0.6) is 0 Å². The zero-order valence-corrected chi connectivity index (χ0v) is 19.3. The molecule has 2 aliphatic heterocycles. The Kier molecular flexibility index (Phi) is 5.37. The number of urea groups is 1. The van der Waals surface area contributed by atoms with Gasteiger partial charge in [0.25, 0.3) is 5.91 Å². The van der Waals surface area contributed by atoms with Crippen LogP contribution in [0.25, 0.3) is 0 Å². The highest BCUT2D eigenvalue weighted by Gasteiger charge is 2.59. The Morgan fingerprint density at radius 3 is 2.58 bits per heavy atom. The summed E-state index contributed by atoms with van der Waals surface area (Å²) in [7, 11) is 0. The quantitative estimate of drug-likeness (QED) is 0.566. The van der Waals surface area contributed by atoms with Crippen molar-refractivity contribution in [2.75, 3.05) is 22.5 Å². The van der Waals surface area contributed by atoms with Gasteiger partial charge in [0, 0.05) is 23.5 Å². The average Bonchev–Trinajstić information content (AvgIpc) is 3.32. The van der Waals surface area contributed by atoms with Gasteiger partial charge in [-0.1, -0.05) is 42.0 Å². The molecule has 5 nitrogen and oxygen atoms in total. The van der Waals surface area contributed by atoms with Crippen LogP contribution in [0, 0.1) is 19.7 Å². The molecule has 0 bridgehead atoms. The second-order valence-corrected chi connectivity index (χ2v) is 9.77. The fourth-order valence-corrected chi connectivity index (χ4v) is 6.02. The number of hydrogen-bond acceptors (Lipinski definition) is 3. The third-order valence-corrected chi connectivity index (χ3v) is 7.54. The standard InChI is InChI=1S/C26H24FN3O2S/c1-17-4-3-5-21(14-17)28-25(32)30-12-13-33-26(30)22-15-18(2)6-11-23(22)29(24(26)31)16-19-7-9-20(27)10-8-19/h3-11,14-15H,12-13,16H2,1-2H3,(H,28,32)/t26-/m1/s1. The molecule has 33 heavy (non-hydrogen) atoms. The molecule has 1 fully saturated rings. The van der Waals surface area contributed by atoms with Crippen molar-refractivity contribution in [1.82, 2.24) is 4.90 Å². The topological polar surface area (TPSA) is 52.7 Å². The van der Waals surface area contributed by atoms with E-state index < -0.39 is 4.87 Å². The molecule has 0 aromatic heterocycles.